The van der Waals surface area contributed by atoms with E-state index in [0.717, 1.165) is 39.5 Å². The average Bonchev–Trinajstić information content (AvgIpc) is 3.17. The van der Waals surface area contributed by atoms with Crippen LogP contribution in [0.1, 0.15) is 55.0 Å². The predicted molar refractivity (Wildman–Crippen MR) is 139 cm³/mol. The number of anilines is 2. The van der Waals surface area contributed by atoms with Crippen LogP contribution in [-0.2, 0) is 4.79 Å². The number of hydrogen-bond donors (Lipinski definition) is 2. The van der Waals surface area contributed by atoms with Crippen LogP contribution in [-0.4, -0.2) is 15.5 Å². The van der Waals surface area contributed by atoms with Gasteiger partial charge >= 0.3 is 0 Å². The van der Waals surface area contributed by atoms with Gasteiger partial charge in [-0.2, -0.15) is 0 Å². The number of nitrogens with zero attached hydrogens (tertiary/aromatic N) is 2. The van der Waals surface area contributed by atoms with Crippen molar-refractivity contribution in [3.8, 4) is 0 Å². The molecule has 0 saturated carbocycles. The van der Waals surface area contributed by atoms with Crippen molar-refractivity contribution in [2.75, 3.05) is 10.6 Å². The second-order valence-electron chi connectivity index (χ2n) is 9.45. The van der Waals surface area contributed by atoms with E-state index in [1.165, 1.54) is 11.1 Å². The maximum Gasteiger partial charge on any atom is 0.255 e. The summed E-state index contributed by atoms with van der Waals surface area (Å²) in [6, 6.07) is 22.4. The van der Waals surface area contributed by atoms with Gasteiger partial charge < -0.3 is 10.6 Å². The standard InChI is InChI=1S/C29H30N4O/c1-17(2)21-11-13-22(14-12-21)27-26(28(34)31-23-15-10-18(3)16-19(23)4)20(5)30-29-32-24-8-6-7-9-25(24)33(27)29/h6-17,27H,1-5H3,(H,30,32)(H,31,34)/t27-/m1/s1. The zero-order valence-corrected chi connectivity index (χ0v) is 20.3. The summed E-state index contributed by atoms with van der Waals surface area (Å²) in [5, 5.41) is 6.56. The number of carbonyl (C=O) groups is 1. The monoisotopic (exact) mass is 450 g/mol. The van der Waals surface area contributed by atoms with E-state index in [2.05, 4.69) is 72.4 Å². The Balaban J connectivity index is 1.64. The molecule has 0 bridgehead atoms. The number of amides is 1. The molecule has 5 rings (SSSR count). The Labute approximate surface area is 200 Å². The first-order valence-corrected chi connectivity index (χ1v) is 11.8. The Morgan fingerprint density at radius 1 is 1.00 bits per heavy atom. The van der Waals surface area contributed by atoms with Crippen molar-refractivity contribution in [1.82, 2.24) is 9.55 Å². The van der Waals surface area contributed by atoms with Crippen molar-refractivity contribution in [2.45, 2.75) is 46.6 Å². The highest BCUT2D eigenvalue weighted by Crippen LogP contribution is 2.40. The molecule has 1 atom stereocenters. The van der Waals surface area contributed by atoms with E-state index in [1.807, 2.05) is 44.2 Å². The van der Waals surface area contributed by atoms with E-state index in [9.17, 15) is 4.79 Å². The second kappa shape index (κ2) is 8.49. The van der Waals surface area contributed by atoms with Crippen LogP contribution < -0.4 is 10.6 Å². The Morgan fingerprint density at radius 3 is 2.44 bits per heavy atom. The third kappa shape index (κ3) is 3.77. The minimum Gasteiger partial charge on any atom is -0.329 e. The van der Waals surface area contributed by atoms with E-state index in [4.69, 9.17) is 4.98 Å². The van der Waals surface area contributed by atoms with Crippen LogP contribution in [0.25, 0.3) is 11.0 Å². The number of fused-ring (bicyclic) bond motifs is 3. The molecule has 4 aromatic rings. The number of carbonyl (C=O) groups excluding carboxylic acids is 1. The molecule has 2 heterocycles. The van der Waals surface area contributed by atoms with Gasteiger partial charge in [0, 0.05) is 11.4 Å². The van der Waals surface area contributed by atoms with Gasteiger partial charge in [0.2, 0.25) is 5.95 Å². The molecule has 2 N–H and O–H groups in total. The number of allylic oxidation sites excluding steroid dienone is 1. The van der Waals surface area contributed by atoms with Crippen LogP contribution >= 0.6 is 0 Å². The van der Waals surface area contributed by atoms with E-state index >= 15 is 0 Å². The van der Waals surface area contributed by atoms with Gasteiger partial charge in [0.15, 0.2) is 0 Å². The molecule has 172 valence electrons. The van der Waals surface area contributed by atoms with Gasteiger partial charge in [-0.15, -0.1) is 0 Å². The molecule has 1 amide bonds. The van der Waals surface area contributed by atoms with Crippen LogP contribution in [0, 0.1) is 13.8 Å². The Bertz CT molecular complexity index is 1430. The van der Waals surface area contributed by atoms with E-state index in [1.54, 1.807) is 0 Å². The zero-order valence-electron chi connectivity index (χ0n) is 20.3. The highest BCUT2D eigenvalue weighted by atomic mass is 16.1. The molecule has 1 aromatic heterocycles. The molecule has 0 fully saturated rings. The number of rotatable bonds is 4. The van der Waals surface area contributed by atoms with Crippen molar-refractivity contribution in [2.24, 2.45) is 0 Å². The van der Waals surface area contributed by atoms with E-state index in [-0.39, 0.29) is 11.9 Å². The number of aryl methyl sites for hydroxylation is 2. The number of nitrogens with one attached hydrogen (secondary N) is 2. The highest BCUT2D eigenvalue weighted by molar-refractivity contribution is 6.06. The molecular formula is C29H30N4O. The first-order valence-electron chi connectivity index (χ1n) is 11.8. The molecule has 3 aromatic carbocycles. The molecule has 5 heteroatoms. The van der Waals surface area contributed by atoms with Crippen LogP contribution in [0.15, 0.2) is 78.0 Å². The minimum absolute atomic E-state index is 0.113. The summed E-state index contributed by atoms with van der Waals surface area (Å²) in [4.78, 5) is 18.6. The fourth-order valence-corrected chi connectivity index (χ4v) is 4.78. The number of aromatic nitrogens is 2. The molecule has 0 aliphatic carbocycles. The summed E-state index contributed by atoms with van der Waals surface area (Å²) >= 11 is 0. The zero-order chi connectivity index (χ0) is 24.0. The number of hydrogen-bond acceptors (Lipinski definition) is 3. The fraction of sp³-hybridized carbons (Fsp3) is 0.241. The number of benzene rings is 3. The summed E-state index contributed by atoms with van der Waals surface area (Å²) in [5.41, 5.74) is 8.76. The lowest BCUT2D eigenvalue weighted by atomic mass is 9.92. The fourth-order valence-electron chi connectivity index (χ4n) is 4.78. The lowest BCUT2D eigenvalue weighted by Gasteiger charge is -2.31. The summed E-state index contributed by atoms with van der Waals surface area (Å²) in [6.07, 6.45) is 0. The molecule has 5 nitrogen and oxygen atoms in total. The quantitative estimate of drug-likeness (QED) is 0.363. The summed E-state index contributed by atoms with van der Waals surface area (Å²) in [6.45, 7) is 10.4. The third-order valence-electron chi connectivity index (χ3n) is 6.62. The smallest absolute Gasteiger partial charge is 0.255 e. The topological polar surface area (TPSA) is 59.0 Å². The van der Waals surface area contributed by atoms with Gasteiger partial charge in [-0.25, -0.2) is 4.98 Å². The highest BCUT2D eigenvalue weighted by Gasteiger charge is 2.34. The number of imidazole rings is 1. The summed E-state index contributed by atoms with van der Waals surface area (Å²) in [7, 11) is 0. The molecule has 1 aliphatic rings. The SMILES string of the molecule is CC1=C(C(=O)Nc2ccc(C)cc2C)[C@@H](c2ccc(C(C)C)cc2)n2c(nc3ccccc32)N1. The summed E-state index contributed by atoms with van der Waals surface area (Å²) < 4.78 is 2.14. The van der Waals surface area contributed by atoms with Crippen molar-refractivity contribution in [3.05, 3.63) is 100 Å². The molecular weight excluding hydrogens is 420 g/mol. The third-order valence-corrected chi connectivity index (χ3v) is 6.62. The van der Waals surface area contributed by atoms with Gasteiger partial charge in [0.1, 0.15) is 0 Å². The average molecular weight is 451 g/mol. The summed E-state index contributed by atoms with van der Waals surface area (Å²) in [5.74, 6) is 1.08. The second-order valence-corrected chi connectivity index (χ2v) is 9.45. The molecule has 34 heavy (non-hydrogen) atoms. The lowest BCUT2D eigenvalue weighted by Crippen LogP contribution is -2.31. The maximum absolute atomic E-state index is 13.8. The Morgan fingerprint density at radius 2 is 1.74 bits per heavy atom. The van der Waals surface area contributed by atoms with Gasteiger partial charge in [-0.1, -0.05) is 67.9 Å². The van der Waals surface area contributed by atoms with Crippen molar-refractivity contribution in [1.29, 1.82) is 0 Å². The first-order chi connectivity index (χ1) is 16.3. The van der Waals surface area contributed by atoms with Gasteiger partial charge in [-0.3, -0.25) is 9.36 Å². The van der Waals surface area contributed by atoms with Crippen LogP contribution in [0.3, 0.4) is 0 Å². The molecule has 0 spiro atoms. The molecule has 1 aliphatic heterocycles. The van der Waals surface area contributed by atoms with Crippen molar-refractivity contribution < 1.29 is 4.79 Å². The van der Waals surface area contributed by atoms with Crippen molar-refractivity contribution >= 4 is 28.6 Å². The van der Waals surface area contributed by atoms with Gasteiger partial charge in [0.05, 0.1) is 22.6 Å². The maximum atomic E-state index is 13.8. The van der Waals surface area contributed by atoms with E-state index in [0.29, 0.717) is 11.5 Å². The Kier molecular flexibility index (Phi) is 5.48. The first kappa shape index (κ1) is 22.0. The lowest BCUT2D eigenvalue weighted by molar-refractivity contribution is -0.113. The molecule has 0 saturated heterocycles. The van der Waals surface area contributed by atoms with Crippen molar-refractivity contribution in [3.63, 3.8) is 0 Å². The van der Waals surface area contributed by atoms with Crippen LogP contribution in [0.2, 0.25) is 0 Å². The number of para-hydroxylation sites is 2. The van der Waals surface area contributed by atoms with Gasteiger partial charge in [0.25, 0.3) is 5.91 Å². The van der Waals surface area contributed by atoms with Crippen LogP contribution in [0.4, 0.5) is 11.6 Å². The Hall–Kier alpha value is -3.86. The molecule has 0 radical (unpaired) electrons. The largest absolute Gasteiger partial charge is 0.329 e. The predicted octanol–water partition coefficient (Wildman–Crippen LogP) is 6.70. The van der Waals surface area contributed by atoms with E-state index < -0.39 is 0 Å². The molecule has 0 unspecified atom stereocenters. The minimum atomic E-state index is -0.296. The van der Waals surface area contributed by atoms with Crippen LogP contribution in [0.5, 0.6) is 0 Å². The normalized spacial score (nSPS) is 15.4. The van der Waals surface area contributed by atoms with Gasteiger partial charge in [-0.05, 0) is 61.6 Å².